The number of morpholine rings is 1. The van der Waals surface area contributed by atoms with Gasteiger partial charge in [-0.1, -0.05) is 6.07 Å². The van der Waals surface area contributed by atoms with Crippen LogP contribution in [-0.2, 0) is 11.3 Å². The van der Waals surface area contributed by atoms with E-state index in [1.165, 1.54) is 6.07 Å². The zero-order valence-electron chi connectivity index (χ0n) is 16.7. The van der Waals surface area contributed by atoms with E-state index in [-0.39, 0.29) is 24.5 Å². The van der Waals surface area contributed by atoms with Gasteiger partial charge in [0.15, 0.2) is 11.6 Å². The highest BCUT2D eigenvalue weighted by Gasteiger charge is 2.62. The predicted molar refractivity (Wildman–Crippen MR) is 104 cm³/mol. The first-order valence-corrected chi connectivity index (χ1v) is 10.1. The van der Waals surface area contributed by atoms with Gasteiger partial charge in [0.2, 0.25) is 11.8 Å². The quantitative estimate of drug-likeness (QED) is 0.788. The first-order chi connectivity index (χ1) is 14.5. The topological polar surface area (TPSA) is 71.0 Å². The van der Waals surface area contributed by atoms with E-state index in [1.807, 2.05) is 0 Å². The molecule has 0 aliphatic carbocycles. The molecule has 1 N–H and O–H groups in total. The molecule has 0 radical (unpaired) electrons. The molecule has 1 aromatic heterocycles. The summed E-state index contributed by atoms with van der Waals surface area (Å²) in [5, 5.41) is 10.1. The highest BCUT2D eigenvalue weighted by atomic mass is 19.2. The SMILES string of the molecule is COc1ccnc(N2C[C@H]3O[C@@]4(CN(Cc5ccc(F)c(F)c5)C[C@@H]4[C@@H]3CO)C2)n1. The van der Waals surface area contributed by atoms with Crippen molar-refractivity contribution >= 4 is 5.95 Å². The second-order valence-electron chi connectivity index (χ2n) is 8.37. The van der Waals surface area contributed by atoms with Gasteiger partial charge >= 0.3 is 0 Å². The minimum Gasteiger partial charge on any atom is -0.481 e. The van der Waals surface area contributed by atoms with Gasteiger partial charge in [-0.15, -0.1) is 0 Å². The maximum absolute atomic E-state index is 13.6. The average Bonchev–Trinajstić information content (AvgIpc) is 3.17. The van der Waals surface area contributed by atoms with Gasteiger partial charge in [0, 0.05) is 56.9 Å². The van der Waals surface area contributed by atoms with Gasteiger partial charge in [-0.05, 0) is 17.7 Å². The fourth-order valence-corrected chi connectivity index (χ4v) is 5.30. The molecule has 3 aliphatic rings. The van der Waals surface area contributed by atoms with E-state index in [4.69, 9.17) is 9.47 Å². The Hall–Kier alpha value is -2.36. The summed E-state index contributed by atoms with van der Waals surface area (Å²) < 4.78 is 38.6. The first-order valence-electron chi connectivity index (χ1n) is 10.1. The second kappa shape index (κ2) is 7.40. The van der Waals surface area contributed by atoms with Crippen molar-refractivity contribution in [2.24, 2.45) is 11.8 Å². The van der Waals surface area contributed by atoms with Gasteiger partial charge in [0.1, 0.15) is 5.60 Å². The van der Waals surface area contributed by atoms with Crippen molar-refractivity contribution in [3.8, 4) is 5.88 Å². The number of rotatable bonds is 5. The Labute approximate surface area is 173 Å². The van der Waals surface area contributed by atoms with Crippen molar-refractivity contribution in [1.29, 1.82) is 0 Å². The number of anilines is 1. The van der Waals surface area contributed by atoms with Crippen LogP contribution in [0.4, 0.5) is 14.7 Å². The molecule has 3 aliphatic heterocycles. The van der Waals surface area contributed by atoms with E-state index >= 15 is 0 Å². The van der Waals surface area contributed by atoms with E-state index in [9.17, 15) is 13.9 Å². The Morgan fingerprint density at radius 1 is 1.23 bits per heavy atom. The van der Waals surface area contributed by atoms with Gasteiger partial charge in [-0.3, -0.25) is 4.90 Å². The minimum atomic E-state index is -0.844. The number of fused-ring (bicyclic) bond motifs is 1. The molecule has 0 unspecified atom stereocenters. The zero-order valence-corrected chi connectivity index (χ0v) is 16.7. The molecule has 4 atom stereocenters. The Morgan fingerprint density at radius 3 is 2.87 bits per heavy atom. The number of benzene rings is 1. The van der Waals surface area contributed by atoms with Gasteiger partial charge < -0.3 is 19.5 Å². The highest BCUT2D eigenvalue weighted by molar-refractivity contribution is 5.36. The number of aliphatic hydroxyl groups is 1. The molecule has 1 spiro atoms. The molecule has 160 valence electrons. The van der Waals surface area contributed by atoms with Crippen LogP contribution in [0.15, 0.2) is 30.5 Å². The summed E-state index contributed by atoms with van der Waals surface area (Å²) in [7, 11) is 1.57. The lowest BCUT2D eigenvalue weighted by Gasteiger charge is -2.40. The number of methoxy groups -OCH3 is 1. The van der Waals surface area contributed by atoms with Crippen LogP contribution in [0.5, 0.6) is 5.88 Å². The molecule has 2 bridgehead atoms. The van der Waals surface area contributed by atoms with E-state index in [1.54, 1.807) is 25.4 Å². The van der Waals surface area contributed by atoms with Crippen molar-refractivity contribution < 1.29 is 23.4 Å². The molecule has 0 saturated carbocycles. The Kier molecular flexibility index (Phi) is 4.83. The smallest absolute Gasteiger partial charge is 0.228 e. The molecule has 1 aromatic carbocycles. The van der Waals surface area contributed by atoms with Crippen LogP contribution in [0, 0.1) is 23.5 Å². The third-order valence-electron chi connectivity index (χ3n) is 6.57. The third-order valence-corrected chi connectivity index (χ3v) is 6.57. The average molecular weight is 418 g/mol. The molecule has 5 rings (SSSR count). The van der Waals surface area contributed by atoms with Crippen molar-refractivity contribution in [3.63, 3.8) is 0 Å². The number of halogens is 2. The van der Waals surface area contributed by atoms with Crippen LogP contribution in [0.3, 0.4) is 0 Å². The number of ether oxygens (including phenoxy) is 2. The van der Waals surface area contributed by atoms with Crippen molar-refractivity contribution in [2.45, 2.75) is 18.2 Å². The molecule has 4 heterocycles. The largest absolute Gasteiger partial charge is 0.481 e. The molecule has 0 amide bonds. The number of likely N-dealkylation sites (tertiary alicyclic amines) is 1. The maximum Gasteiger partial charge on any atom is 0.228 e. The summed E-state index contributed by atoms with van der Waals surface area (Å²) in [6, 6.07) is 5.71. The fourth-order valence-electron chi connectivity index (χ4n) is 5.30. The van der Waals surface area contributed by atoms with Crippen LogP contribution in [0.1, 0.15) is 5.56 Å². The molecule has 30 heavy (non-hydrogen) atoms. The van der Waals surface area contributed by atoms with Gasteiger partial charge in [0.25, 0.3) is 0 Å². The number of aliphatic hydroxyl groups excluding tert-OH is 1. The van der Waals surface area contributed by atoms with E-state index in [0.29, 0.717) is 43.6 Å². The molecule has 9 heteroatoms. The lowest BCUT2D eigenvalue weighted by atomic mass is 9.83. The minimum absolute atomic E-state index is 0.00978. The molecule has 7 nitrogen and oxygen atoms in total. The Balaban J connectivity index is 1.38. The van der Waals surface area contributed by atoms with Crippen LogP contribution < -0.4 is 9.64 Å². The summed E-state index contributed by atoms with van der Waals surface area (Å²) >= 11 is 0. The second-order valence-corrected chi connectivity index (χ2v) is 8.37. The van der Waals surface area contributed by atoms with E-state index < -0.39 is 17.2 Å². The predicted octanol–water partition coefficient (Wildman–Crippen LogP) is 1.46. The monoisotopic (exact) mass is 418 g/mol. The number of nitrogens with zero attached hydrogens (tertiary/aromatic N) is 4. The summed E-state index contributed by atoms with van der Waals surface area (Å²) in [4.78, 5) is 13.1. The standard InChI is InChI=1S/C21H24F2N4O3/c1-29-19-4-5-24-20(25-19)27-9-18-14(10-28)15-8-26(11-21(15,12-27)30-18)7-13-2-3-16(22)17(23)6-13/h2-6,14-15,18,28H,7-12H2,1H3/t14-,15+,18+,21-/m0/s1. The molecule has 2 aromatic rings. The summed E-state index contributed by atoms with van der Waals surface area (Å²) in [5.41, 5.74) is 0.257. The summed E-state index contributed by atoms with van der Waals surface area (Å²) in [6.45, 7) is 3.13. The first kappa shape index (κ1) is 19.6. The molecular weight excluding hydrogens is 394 g/mol. The Morgan fingerprint density at radius 2 is 2.10 bits per heavy atom. The van der Waals surface area contributed by atoms with Crippen LogP contribution in [0.2, 0.25) is 0 Å². The van der Waals surface area contributed by atoms with Crippen molar-refractivity contribution in [1.82, 2.24) is 14.9 Å². The summed E-state index contributed by atoms with van der Waals surface area (Å²) in [5.74, 6) is -0.447. The number of aromatic nitrogens is 2. The van der Waals surface area contributed by atoms with Crippen molar-refractivity contribution in [3.05, 3.63) is 47.7 Å². The Bertz CT molecular complexity index is 948. The van der Waals surface area contributed by atoms with Gasteiger partial charge in [-0.25, -0.2) is 13.8 Å². The zero-order chi connectivity index (χ0) is 20.9. The summed E-state index contributed by atoms with van der Waals surface area (Å²) in [6.07, 6.45) is 1.57. The van der Waals surface area contributed by atoms with E-state index in [2.05, 4.69) is 19.8 Å². The third kappa shape index (κ3) is 3.21. The normalized spacial score (nSPS) is 30.5. The van der Waals surface area contributed by atoms with Crippen LogP contribution in [-0.4, -0.2) is 71.6 Å². The highest BCUT2D eigenvalue weighted by Crippen LogP contribution is 2.49. The van der Waals surface area contributed by atoms with Gasteiger partial charge in [0.05, 0.1) is 19.8 Å². The molecular formula is C21H24F2N4O3. The van der Waals surface area contributed by atoms with Crippen molar-refractivity contribution in [2.75, 3.05) is 44.8 Å². The maximum atomic E-state index is 13.6. The molecule has 3 fully saturated rings. The van der Waals surface area contributed by atoms with Crippen LogP contribution in [0.25, 0.3) is 0 Å². The number of hydrogen-bond donors (Lipinski definition) is 1. The number of hydrogen-bond acceptors (Lipinski definition) is 7. The van der Waals surface area contributed by atoms with E-state index in [0.717, 1.165) is 12.6 Å². The molecule has 3 saturated heterocycles. The van der Waals surface area contributed by atoms with Gasteiger partial charge in [-0.2, -0.15) is 4.98 Å². The fraction of sp³-hybridized carbons (Fsp3) is 0.524. The lowest BCUT2D eigenvalue weighted by molar-refractivity contribution is -0.0650. The van der Waals surface area contributed by atoms with Crippen LogP contribution >= 0.6 is 0 Å². The lowest BCUT2D eigenvalue weighted by Crippen LogP contribution is -2.54.